The van der Waals surface area contributed by atoms with Crippen LogP contribution >= 0.6 is 0 Å². The summed E-state index contributed by atoms with van der Waals surface area (Å²) >= 11 is 0. The van der Waals surface area contributed by atoms with Gasteiger partial charge in [0, 0.05) is 17.2 Å². The van der Waals surface area contributed by atoms with E-state index in [2.05, 4.69) is 20.9 Å². The number of aromatic nitrogens is 3. The Labute approximate surface area is 190 Å². The molecule has 4 rings (SSSR count). The second-order valence-corrected chi connectivity index (χ2v) is 6.88. The number of rotatable bonds is 6. The summed E-state index contributed by atoms with van der Waals surface area (Å²) in [5.41, 5.74) is 6.51. The number of carbonyl (C=O) groups excluding carboxylic acids is 2. The van der Waals surface area contributed by atoms with Gasteiger partial charge >= 0.3 is 5.91 Å². The third kappa shape index (κ3) is 4.82. The van der Waals surface area contributed by atoms with Crippen LogP contribution in [0.15, 0.2) is 78.9 Å². The third-order valence-corrected chi connectivity index (χ3v) is 4.75. The molecule has 2 N–H and O–H groups in total. The molecule has 0 radical (unpaired) electrons. The molecule has 2 amide bonds. The first-order valence-electron chi connectivity index (χ1n) is 10.0. The zero-order chi connectivity index (χ0) is 23.2. The molecule has 1 heterocycles. The number of methoxy groups -OCH3 is 2. The van der Waals surface area contributed by atoms with Gasteiger partial charge in [-0.25, -0.2) is 9.67 Å². The van der Waals surface area contributed by atoms with E-state index < -0.39 is 11.8 Å². The third-order valence-electron chi connectivity index (χ3n) is 4.75. The molecule has 0 unspecified atom stereocenters. The van der Waals surface area contributed by atoms with Crippen molar-refractivity contribution in [1.29, 1.82) is 0 Å². The zero-order valence-electron chi connectivity index (χ0n) is 18.0. The van der Waals surface area contributed by atoms with E-state index in [0.717, 1.165) is 11.3 Å². The Hall–Kier alpha value is -4.66. The first-order valence-corrected chi connectivity index (χ1v) is 10.0. The highest BCUT2D eigenvalue weighted by Crippen LogP contribution is 2.23. The fourth-order valence-electron chi connectivity index (χ4n) is 3.11. The molecular formula is C24H21N5O4. The average molecular weight is 443 g/mol. The van der Waals surface area contributed by atoms with Gasteiger partial charge in [-0.15, -0.1) is 5.10 Å². The zero-order valence-corrected chi connectivity index (χ0v) is 18.0. The van der Waals surface area contributed by atoms with Crippen LogP contribution in [0.1, 0.15) is 21.0 Å². The smallest absolute Gasteiger partial charge is 0.309 e. The number of benzene rings is 3. The van der Waals surface area contributed by atoms with Crippen molar-refractivity contribution in [2.45, 2.75) is 0 Å². The van der Waals surface area contributed by atoms with E-state index in [0.29, 0.717) is 17.3 Å². The number of amides is 2. The van der Waals surface area contributed by atoms with E-state index in [1.165, 1.54) is 26.4 Å². The monoisotopic (exact) mass is 443 g/mol. The standard InChI is InChI=1S/C24H21N5O4/c1-32-19-13-17(14-20(15-19)33-2)23(30)26-27-24(31)21-25-22(16-9-5-3-6-10-16)29(28-21)18-11-7-4-8-12-18/h3-15H,1-2H3,(H,26,30)(H,27,31). The van der Waals surface area contributed by atoms with Crippen LogP contribution in [0, 0.1) is 0 Å². The topological polar surface area (TPSA) is 107 Å². The van der Waals surface area contributed by atoms with Crippen LogP contribution < -0.4 is 20.3 Å². The molecule has 0 saturated carbocycles. The highest BCUT2D eigenvalue weighted by Gasteiger charge is 2.19. The molecule has 0 aliphatic heterocycles. The van der Waals surface area contributed by atoms with Crippen molar-refractivity contribution in [3.8, 4) is 28.6 Å². The van der Waals surface area contributed by atoms with Gasteiger partial charge in [0.05, 0.1) is 19.9 Å². The van der Waals surface area contributed by atoms with Crippen molar-refractivity contribution in [3.05, 3.63) is 90.3 Å². The lowest BCUT2D eigenvalue weighted by Crippen LogP contribution is -2.42. The quantitative estimate of drug-likeness (QED) is 0.444. The molecule has 0 spiro atoms. The maximum absolute atomic E-state index is 12.7. The van der Waals surface area contributed by atoms with Crippen LogP contribution in [0.3, 0.4) is 0 Å². The summed E-state index contributed by atoms with van der Waals surface area (Å²) in [6.45, 7) is 0. The number of carbonyl (C=O) groups is 2. The lowest BCUT2D eigenvalue weighted by molar-refractivity contribution is 0.0840. The van der Waals surface area contributed by atoms with Gasteiger partial charge in [0.15, 0.2) is 5.82 Å². The largest absolute Gasteiger partial charge is 0.497 e. The number of ether oxygens (including phenoxy) is 2. The minimum atomic E-state index is -0.662. The molecule has 0 aliphatic carbocycles. The maximum atomic E-state index is 12.7. The minimum absolute atomic E-state index is 0.0961. The molecule has 3 aromatic carbocycles. The van der Waals surface area contributed by atoms with Gasteiger partial charge in [0.2, 0.25) is 5.82 Å². The maximum Gasteiger partial charge on any atom is 0.309 e. The molecule has 33 heavy (non-hydrogen) atoms. The van der Waals surface area contributed by atoms with E-state index in [1.807, 2.05) is 60.7 Å². The summed E-state index contributed by atoms with van der Waals surface area (Å²) in [6, 6.07) is 23.4. The van der Waals surface area contributed by atoms with E-state index in [4.69, 9.17) is 9.47 Å². The predicted octanol–water partition coefficient (Wildman–Crippen LogP) is 3.03. The SMILES string of the molecule is COc1cc(OC)cc(C(=O)NNC(=O)c2nc(-c3ccccc3)n(-c3ccccc3)n2)c1. The predicted molar refractivity (Wildman–Crippen MR) is 121 cm³/mol. The molecule has 0 atom stereocenters. The summed E-state index contributed by atoms with van der Waals surface area (Å²) in [4.78, 5) is 29.7. The van der Waals surface area contributed by atoms with Crippen LogP contribution in [0.5, 0.6) is 11.5 Å². The van der Waals surface area contributed by atoms with Gasteiger partial charge < -0.3 is 9.47 Å². The van der Waals surface area contributed by atoms with Crippen LogP contribution in [-0.4, -0.2) is 40.8 Å². The number of para-hydroxylation sites is 1. The van der Waals surface area contributed by atoms with Crippen LogP contribution in [0.25, 0.3) is 17.1 Å². The fourth-order valence-corrected chi connectivity index (χ4v) is 3.11. The Balaban J connectivity index is 1.57. The van der Waals surface area contributed by atoms with Crippen molar-refractivity contribution >= 4 is 11.8 Å². The molecule has 4 aromatic rings. The molecule has 9 nitrogen and oxygen atoms in total. The summed E-state index contributed by atoms with van der Waals surface area (Å²) in [6.07, 6.45) is 0. The van der Waals surface area contributed by atoms with Crippen molar-refractivity contribution in [3.63, 3.8) is 0 Å². The first kappa shape index (κ1) is 21.6. The van der Waals surface area contributed by atoms with Gasteiger partial charge in [-0.05, 0) is 24.3 Å². The Bertz CT molecular complexity index is 1190. The van der Waals surface area contributed by atoms with Crippen molar-refractivity contribution < 1.29 is 19.1 Å². The Kier molecular flexibility index (Phi) is 6.31. The van der Waals surface area contributed by atoms with Gasteiger partial charge in [0.1, 0.15) is 11.5 Å². The summed E-state index contributed by atoms with van der Waals surface area (Å²) < 4.78 is 11.9. The second-order valence-electron chi connectivity index (χ2n) is 6.88. The molecule has 0 fully saturated rings. The van der Waals surface area contributed by atoms with Gasteiger partial charge in [-0.1, -0.05) is 48.5 Å². The lowest BCUT2D eigenvalue weighted by Gasteiger charge is -2.09. The second kappa shape index (κ2) is 9.65. The average Bonchev–Trinajstić information content (AvgIpc) is 3.33. The molecule has 0 aliphatic rings. The Morgan fingerprint density at radius 3 is 1.97 bits per heavy atom. The fraction of sp³-hybridized carbons (Fsp3) is 0.0833. The number of hydrogen-bond donors (Lipinski definition) is 2. The Morgan fingerprint density at radius 1 is 0.788 bits per heavy atom. The highest BCUT2D eigenvalue weighted by molar-refractivity contribution is 5.98. The van der Waals surface area contributed by atoms with Crippen molar-refractivity contribution in [2.24, 2.45) is 0 Å². The van der Waals surface area contributed by atoms with Crippen LogP contribution in [0.2, 0.25) is 0 Å². The minimum Gasteiger partial charge on any atom is -0.497 e. The number of hydrogen-bond acceptors (Lipinski definition) is 6. The molecule has 1 aromatic heterocycles. The van der Waals surface area contributed by atoms with E-state index >= 15 is 0 Å². The number of nitrogens with zero attached hydrogens (tertiary/aromatic N) is 3. The van der Waals surface area contributed by atoms with E-state index in [-0.39, 0.29) is 11.4 Å². The van der Waals surface area contributed by atoms with Crippen molar-refractivity contribution in [2.75, 3.05) is 14.2 Å². The Morgan fingerprint density at radius 2 is 1.36 bits per heavy atom. The van der Waals surface area contributed by atoms with E-state index in [1.54, 1.807) is 10.7 Å². The van der Waals surface area contributed by atoms with Crippen LogP contribution in [0.4, 0.5) is 0 Å². The lowest BCUT2D eigenvalue weighted by atomic mass is 10.2. The summed E-state index contributed by atoms with van der Waals surface area (Å²) in [5, 5.41) is 4.36. The number of nitrogens with one attached hydrogen (secondary N) is 2. The van der Waals surface area contributed by atoms with Gasteiger partial charge in [0.25, 0.3) is 5.91 Å². The summed E-state index contributed by atoms with van der Waals surface area (Å²) in [7, 11) is 2.97. The van der Waals surface area contributed by atoms with Gasteiger partial charge in [-0.2, -0.15) is 0 Å². The molecule has 0 bridgehead atoms. The van der Waals surface area contributed by atoms with Crippen LogP contribution in [-0.2, 0) is 0 Å². The molecule has 9 heteroatoms. The molecule has 0 saturated heterocycles. The van der Waals surface area contributed by atoms with Crippen molar-refractivity contribution in [1.82, 2.24) is 25.6 Å². The normalized spacial score (nSPS) is 10.4. The van der Waals surface area contributed by atoms with Gasteiger partial charge in [-0.3, -0.25) is 20.4 Å². The molecular weight excluding hydrogens is 422 g/mol. The summed E-state index contributed by atoms with van der Waals surface area (Å²) in [5.74, 6) is 0.0802. The highest BCUT2D eigenvalue weighted by atomic mass is 16.5. The van der Waals surface area contributed by atoms with E-state index in [9.17, 15) is 9.59 Å². The molecule has 166 valence electrons. The number of hydrazine groups is 1. The first-order chi connectivity index (χ1) is 16.1.